The highest BCUT2D eigenvalue weighted by molar-refractivity contribution is 5.93. The van der Waals surface area contributed by atoms with E-state index < -0.39 is 6.04 Å². The lowest BCUT2D eigenvalue weighted by molar-refractivity contribution is -0.117. The number of nitrogens with zero attached hydrogens (tertiary/aromatic N) is 1. The number of imidazole rings is 1. The Morgan fingerprint density at radius 1 is 1.71 bits per heavy atom. The third-order valence-electron chi connectivity index (χ3n) is 1.80. The summed E-state index contributed by atoms with van der Waals surface area (Å²) in [5, 5.41) is 2.56. The van der Waals surface area contributed by atoms with Gasteiger partial charge in [-0.2, -0.15) is 0 Å². The summed E-state index contributed by atoms with van der Waals surface area (Å²) in [5.74, 6) is 0.173. The number of amides is 1. The van der Waals surface area contributed by atoms with E-state index >= 15 is 0 Å². The van der Waals surface area contributed by atoms with Gasteiger partial charge in [0.05, 0.1) is 6.04 Å². The maximum Gasteiger partial charge on any atom is 0.243 e. The molecule has 0 bridgehead atoms. The molecule has 78 valence electrons. The van der Waals surface area contributed by atoms with Crippen molar-refractivity contribution in [3.63, 3.8) is 0 Å². The van der Waals surface area contributed by atoms with Gasteiger partial charge in [-0.15, -0.1) is 0 Å². The number of anilines is 1. The van der Waals surface area contributed by atoms with E-state index in [9.17, 15) is 4.79 Å². The van der Waals surface area contributed by atoms with Gasteiger partial charge >= 0.3 is 0 Å². The van der Waals surface area contributed by atoms with E-state index in [0.29, 0.717) is 18.9 Å². The fourth-order valence-electron chi connectivity index (χ4n) is 1.01. The first kappa shape index (κ1) is 10.7. The minimum absolute atomic E-state index is 0.242. The molecule has 0 unspecified atom stereocenters. The van der Waals surface area contributed by atoms with E-state index in [4.69, 9.17) is 11.5 Å². The molecule has 1 aromatic heterocycles. The lowest BCUT2D eigenvalue weighted by atomic mass is 10.1. The SMILES string of the molecule is NCCC[C@H](N)C(=O)Nc1ncc[nH]1. The summed E-state index contributed by atoms with van der Waals surface area (Å²) in [5.41, 5.74) is 10.9. The van der Waals surface area contributed by atoms with Crippen LogP contribution in [0.4, 0.5) is 5.95 Å². The van der Waals surface area contributed by atoms with Gasteiger partial charge in [-0.05, 0) is 19.4 Å². The Hall–Kier alpha value is -1.40. The summed E-state index contributed by atoms with van der Waals surface area (Å²) >= 11 is 0. The van der Waals surface area contributed by atoms with Crippen LogP contribution >= 0.6 is 0 Å². The zero-order valence-electron chi connectivity index (χ0n) is 7.86. The van der Waals surface area contributed by atoms with Crippen molar-refractivity contribution in [2.75, 3.05) is 11.9 Å². The largest absolute Gasteiger partial charge is 0.331 e. The predicted molar refractivity (Wildman–Crippen MR) is 53.5 cm³/mol. The van der Waals surface area contributed by atoms with Crippen LogP contribution in [0, 0.1) is 0 Å². The van der Waals surface area contributed by atoms with Crippen LogP contribution in [0.15, 0.2) is 12.4 Å². The quantitative estimate of drug-likeness (QED) is 0.506. The fourth-order valence-corrected chi connectivity index (χ4v) is 1.01. The van der Waals surface area contributed by atoms with Crippen molar-refractivity contribution in [1.82, 2.24) is 9.97 Å². The van der Waals surface area contributed by atoms with Gasteiger partial charge in [-0.3, -0.25) is 10.1 Å². The molecule has 6 N–H and O–H groups in total. The summed E-state index contributed by atoms with van der Waals surface area (Å²) in [6, 6.07) is -0.524. The molecule has 0 aliphatic heterocycles. The fraction of sp³-hybridized carbons (Fsp3) is 0.500. The molecule has 0 fully saturated rings. The highest BCUT2D eigenvalue weighted by atomic mass is 16.2. The molecule has 1 heterocycles. The van der Waals surface area contributed by atoms with Gasteiger partial charge in [0.1, 0.15) is 0 Å². The number of H-pyrrole nitrogens is 1. The van der Waals surface area contributed by atoms with Gasteiger partial charge in [0.2, 0.25) is 11.9 Å². The molecule has 1 atom stereocenters. The van der Waals surface area contributed by atoms with Crippen molar-refractivity contribution in [1.29, 1.82) is 0 Å². The summed E-state index contributed by atoms with van der Waals surface area (Å²) in [7, 11) is 0. The van der Waals surface area contributed by atoms with Gasteiger partial charge in [-0.1, -0.05) is 0 Å². The van der Waals surface area contributed by atoms with E-state index in [0.717, 1.165) is 6.42 Å². The number of rotatable bonds is 5. The van der Waals surface area contributed by atoms with Crippen LogP contribution in [0.2, 0.25) is 0 Å². The molecule has 0 saturated carbocycles. The summed E-state index contributed by atoms with van der Waals surface area (Å²) in [6.45, 7) is 0.543. The number of nitrogens with one attached hydrogen (secondary N) is 2. The Bertz CT molecular complexity index is 271. The summed E-state index contributed by atoms with van der Waals surface area (Å²) < 4.78 is 0. The maximum absolute atomic E-state index is 11.4. The van der Waals surface area contributed by atoms with Crippen molar-refractivity contribution in [3.8, 4) is 0 Å². The molecule has 0 aliphatic rings. The van der Waals surface area contributed by atoms with Crippen molar-refractivity contribution in [2.45, 2.75) is 18.9 Å². The Morgan fingerprint density at radius 2 is 2.50 bits per heavy atom. The van der Waals surface area contributed by atoms with Crippen LogP contribution < -0.4 is 16.8 Å². The van der Waals surface area contributed by atoms with Crippen LogP contribution in [-0.2, 0) is 4.79 Å². The molecule has 14 heavy (non-hydrogen) atoms. The van der Waals surface area contributed by atoms with E-state index in [1.165, 1.54) is 0 Å². The molecule has 0 spiro atoms. The van der Waals surface area contributed by atoms with Gasteiger partial charge in [-0.25, -0.2) is 4.98 Å². The molecule has 1 aromatic rings. The number of hydrogen-bond donors (Lipinski definition) is 4. The molecular formula is C8H15N5O. The number of carbonyl (C=O) groups is 1. The van der Waals surface area contributed by atoms with Crippen molar-refractivity contribution in [3.05, 3.63) is 12.4 Å². The molecule has 0 aliphatic carbocycles. The standard InChI is InChI=1S/C8H15N5O/c9-3-1-2-6(10)7(14)13-8-11-4-5-12-8/h4-6H,1-3,9-10H2,(H2,11,12,13,14)/t6-/m0/s1. The zero-order chi connectivity index (χ0) is 10.4. The van der Waals surface area contributed by atoms with E-state index in [-0.39, 0.29) is 5.91 Å². The number of carbonyl (C=O) groups excluding carboxylic acids is 1. The monoisotopic (exact) mass is 197 g/mol. The van der Waals surface area contributed by atoms with Crippen LogP contribution in [0.1, 0.15) is 12.8 Å². The molecule has 0 radical (unpaired) electrons. The Balaban J connectivity index is 2.34. The second kappa shape index (κ2) is 5.36. The van der Waals surface area contributed by atoms with Gasteiger partial charge in [0.15, 0.2) is 0 Å². The molecular weight excluding hydrogens is 182 g/mol. The molecule has 0 saturated heterocycles. The molecule has 6 nitrogen and oxygen atoms in total. The highest BCUT2D eigenvalue weighted by Gasteiger charge is 2.13. The lowest BCUT2D eigenvalue weighted by Crippen LogP contribution is -2.36. The Kier molecular flexibility index (Phi) is 4.09. The lowest BCUT2D eigenvalue weighted by Gasteiger charge is -2.09. The average Bonchev–Trinajstić information content (AvgIpc) is 2.66. The van der Waals surface area contributed by atoms with E-state index in [2.05, 4.69) is 15.3 Å². The minimum atomic E-state index is -0.524. The van der Waals surface area contributed by atoms with Crippen molar-refractivity contribution < 1.29 is 4.79 Å². The number of aromatic nitrogens is 2. The topological polar surface area (TPSA) is 110 Å². The second-order valence-electron chi connectivity index (χ2n) is 2.96. The van der Waals surface area contributed by atoms with Crippen molar-refractivity contribution in [2.24, 2.45) is 11.5 Å². The van der Waals surface area contributed by atoms with Gasteiger partial charge in [0.25, 0.3) is 0 Å². The van der Waals surface area contributed by atoms with Crippen LogP contribution in [0.3, 0.4) is 0 Å². The van der Waals surface area contributed by atoms with Gasteiger partial charge in [0, 0.05) is 12.4 Å². The van der Waals surface area contributed by atoms with Crippen LogP contribution in [0.25, 0.3) is 0 Å². The normalized spacial score (nSPS) is 12.4. The maximum atomic E-state index is 11.4. The Morgan fingerprint density at radius 3 is 3.07 bits per heavy atom. The third kappa shape index (κ3) is 3.15. The second-order valence-corrected chi connectivity index (χ2v) is 2.96. The first-order valence-electron chi connectivity index (χ1n) is 4.50. The van der Waals surface area contributed by atoms with E-state index in [1.54, 1.807) is 12.4 Å². The van der Waals surface area contributed by atoms with Crippen LogP contribution in [0.5, 0.6) is 0 Å². The number of nitrogens with two attached hydrogens (primary N) is 2. The molecule has 1 rings (SSSR count). The summed E-state index contributed by atoms with van der Waals surface area (Å²) in [4.78, 5) is 18.0. The zero-order valence-corrected chi connectivity index (χ0v) is 7.86. The smallest absolute Gasteiger partial charge is 0.243 e. The predicted octanol–water partition coefficient (Wildman–Crippen LogP) is -0.586. The summed E-state index contributed by atoms with van der Waals surface area (Å²) in [6.07, 6.45) is 4.51. The number of hydrogen-bond acceptors (Lipinski definition) is 4. The molecule has 6 heteroatoms. The Labute approximate surface area is 82.1 Å². The highest BCUT2D eigenvalue weighted by Crippen LogP contribution is 1.99. The van der Waals surface area contributed by atoms with Gasteiger partial charge < -0.3 is 16.5 Å². The minimum Gasteiger partial charge on any atom is -0.331 e. The number of aromatic amines is 1. The van der Waals surface area contributed by atoms with Crippen molar-refractivity contribution >= 4 is 11.9 Å². The molecule has 0 aromatic carbocycles. The third-order valence-corrected chi connectivity index (χ3v) is 1.80. The van der Waals surface area contributed by atoms with Crippen LogP contribution in [-0.4, -0.2) is 28.5 Å². The first-order valence-corrected chi connectivity index (χ1v) is 4.50. The average molecular weight is 197 g/mol. The first-order chi connectivity index (χ1) is 6.74. The molecule has 1 amide bonds. The van der Waals surface area contributed by atoms with E-state index in [1.807, 2.05) is 0 Å².